The molecule has 2 aliphatic heterocycles. The Morgan fingerprint density at radius 2 is 1.81 bits per heavy atom. The highest BCUT2D eigenvalue weighted by molar-refractivity contribution is 6.06. The zero-order valence-corrected chi connectivity index (χ0v) is 14.6. The highest BCUT2D eigenvalue weighted by atomic mass is 16.2. The van der Waals surface area contributed by atoms with Gasteiger partial charge in [0, 0.05) is 31.3 Å². The normalized spacial score (nSPS) is 19.2. The third-order valence-electron chi connectivity index (χ3n) is 5.72. The van der Waals surface area contributed by atoms with Gasteiger partial charge in [0.15, 0.2) is 0 Å². The van der Waals surface area contributed by atoms with Crippen molar-refractivity contribution in [2.45, 2.75) is 24.9 Å². The second-order valence-electron chi connectivity index (χ2n) is 7.38. The van der Waals surface area contributed by atoms with Gasteiger partial charge in [0.05, 0.1) is 11.4 Å². The van der Waals surface area contributed by atoms with Crippen LogP contribution < -0.4 is 10.6 Å². The molecule has 3 N–H and O–H groups in total. The number of aromatic nitrogens is 1. The molecular weight excluding hydrogens is 324 g/mol. The molecule has 1 amide bonds. The first-order valence-corrected chi connectivity index (χ1v) is 9.19. The largest absolute Gasteiger partial charge is 0.369 e. The highest BCUT2D eigenvalue weighted by Gasteiger charge is 2.44. The van der Waals surface area contributed by atoms with Crippen LogP contribution in [0.3, 0.4) is 0 Å². The Kier molecular flexibility index (Phi) is 3.50. The van der Waals surface area contributed by atoms with Crippen molar-refractivity contribution in [3.63, 3.8) is 0 Å². The van der Waals surface area contributed by atoms with Crippen LogP contribution in [-0.4, -0.2) is 34.4 Å². The molecule has 2 aromatic carbocycles. The summed E-state index contributed by atoms with van der Waals surface area (Å²) < 4.78 is 0. The van der Waals surface area contributed by atoms with Gasteiger partial charge in [-0.25, -0.2) is 0 Å². The zero-order valence-electron chi connectivity index (χ0n) is 14.6. The number of benzene rings is 2. The summed E-state index contributed by atoms with van der Waals surface area (Å²) in [7, 11) is 0. The maximum Gasteiger partial charge on any atom is 0.250 e. The number of para-hydroxylation sites is 2. The van der Waals surface area contributed by atoms with Crippen LogP contribution in [0.15, 0.2) is 54.7 Å². The van der Waals surface area contributed by atoms with E-state index in [0.29, 0.717) is 0 Å². The first-order valence-electron chi connectivity index (χ1n) is 9.19. The van der Waals surface area contributed by atoms with Crippen molar-refractivity contribution in [2.24, 2.45) is 0 Å². The number of nitrogens with one attached hydrogen (secondary N) is 3. The molecule has 0 unspecified atom stereocenters. The smallest absolute Gasteiger partial charge is 0.250 e. The second kappa shape index (κ2) is 5.88. The first kappa shape index (κ1) is 15.5. The summed E-state index contributed by atoms with van der Waals surface area (Å²) in [5, 5.41) is 7.85. The average molecular weight is 346 g/mol. The topological polar surface area (TPSA) is 60.2 Å². The average Bonchev–Trinajstić information content (AvgIpc) is 3.12. The molecule has 3 heterocycles. The fourth-order valence-corrected chi connectivity index (χ4v) is 4.16. The number of H-pyrrole nitrogens is 1. The third kappa shape index (κ3) is 2.56. The number of piperidine rings is 1. The number of nitrogens with zero attached hydrogens (tertiary/aromatic N) is 1. The van der Waals surface area contributed by atoms with Crippen molar-refractivity contribution in [3.05, 3.63) is 60.3 Å². The van der Waals surface area contributed by atoms with Crippen LogP contribution in [0.5, 0.6) is 0 Å². The van der Waals surface area contributed by atoms with E-state index in [0.717, 1.165) is 43.9 Å². The number of aromatic amines is 1. The minimum atomic E-state index is -0.477. The fraction of sp³-hybridized carbons (Fsp3) is 0.286. The van der Waals surface area contributed by atoms with Crippen molar-refractivity contribution in [3.8, 4) is 0 Å². The number of anilines is 2. The Balaban J connectivity index is 1.29. The Bertz CT molecular complexity index is 969. The van der Waals surface area contributed by atoms with Crippen LogP contribution in [0.2, 0.25) is 0 Å². The minimum absolute atomic E-state index is 0.101. The van der Waals surface area contributed by atoms with Crippen molar-refractivity contribution in [1.29, 1.82) is 0 Å². The predicted molar refractivity (Wildman–Crippen MR) is 104 cm³/mol. The Labute approximate surface area is 152 Å². The third-order valence-corrected chi connectivity index (χ3v) is 5.72. The van der Waals surface area contributed by atoms with Gasteiger partial charge in [-0.15, -0.1) is 0 Å². The number of hydrogen-bond donors (Lipinski definition) is 3. The number of hydrogen-bond acceptors (Lipinski definition) is 3. The molecule has 26 heavy (non-hydrogen) atoms. The van der Waals surface area contributed by atoms with E-state index in [1.54, 1.807) is 0 Å². The lowest BCUT2D eigenvalue weighted by molar-refractivity contribution is -0.122. The van der Waals surface area contributed by atoms with Crippen molar-refractivity contribution >= 4 is 28.2 Å². The van der Waals surface area contributed by atoms with E-state index in [-0.39, 0.29) is 5.91 Å². The molecule has 5 nitrogen and oxygen atoms in total. The summed E-state index contributed by atoms with van der Waals surface area (Å²) in [5.74, 6) is 0.101. The van der Waals surface area contributed by atoms with Gasteiger partial charge in [-0.3, -0.25) is 9.69 Å². The van der Waals surface area contributed by atoms with E-state index in [4.69, 9.17) is 0 Å². The van der Waals surface area contributed by atoms with Gasteiger partial charge < -0.3 is 15.6 Å². The van der Waals surface area contributed by atoms with Crippen LogP contribution in [-0.2, 0) is 11.3 Å². The number of carbonyl (C=O) groups excluding carboxylic acids is 1. The lowest BCUT2D eigenvalue weighted by Gasteiger charge is -2.44. The van der Waals surface area contributed by atoms with Gasteiger partial charge in [-0.2, -0.15) is 0 Å². The van der Waals surface area contributed by atoms with Gasteiger partial charge in [-0.1, -0.05) is 18.2 Å². The van der Waals surface area contributed by atoms with Crippen molar-refractivity contribution in [2.75, 3.05) is 23.7 Å². The predicted octanol–water partition coefficient (Wildman–Crippen LogP) is 3.57. The molecule has 0 atom stereocenters. The van der Waals surface area contributed by atoms with E-state index in [9.17, 15) is 4.79 Å². The van der Waals surface area contributed by atoms with E-state index in [2.05, 4.69) is 44.8 Å². The van der Waals surface area contributed by atoms with Gasteiger partial charge in [0.2, 0.25) is 5.91 Å². The van der Waals surface area contributed by atoms with Crippen molar-refractivity contribution < 1.29 is 4.79 Å². The molecule has 3 aromatic rings. The quantitative estimate of drug-likeness (QED) is 0.665. The monoisotopic (exact) mass is 346 g/mol. The summed E-state index contributed by atoms with van der Waals surface area (Å²) in [6.07, 6.45) is 3.61. The van der Waals surface area contributed by atoms with Crippen LogP contribution in [0.4, 0.5) is 11.4 Å². The molecule has 0 bridgehead atoms. The summed E-state index contributed by atoms with van der Waals surface area (Å²) in [4.78, 5) is 18.4. The molecule has 1 spiro atoms. The number of likely N-dealkylation sites (tertiary alicyclic amines) is 1. The SMILES string of the molecule is O=C1Nc2ccccc2NC12CCN(Cc1ccc3[nH]ccc3c1)CC2. The van der Waals surface area contributed by atoms with Gasteiger partial charge in [0.1, 0.15) is 5.54 Å². The second-order valence-corrected chi connectivity index (χ2v) is 7.38. The summed E-state index contributed by atoms with van der Waals surface area (Å²) in [6, 6.07) is 16.6. The van der Waals surface area contributed by atoms with Crippen molar-refractivity contribution in [1.82, 2.24) is 9.88 Å². The lowest BCUT2D eigenvalue weighted by atomic mass is 9.84. The van der Waals surface area contributed by atoms with Crippen LogP contribution in [0.25, 0.3) is 10.9 Å². The molecule has 0 saturated carbocycles. The maximum absolute atomic E-state index is 12.7. The van der Waals surface area contributed by atoms with Crippen LogP contribution in [0, 0.1) is 0 Å². The molecule has 0 aliphatic carbocycles. The maximum atomic E-state index is 12.7. The Hall–Kier alpha value is -2.79. The molecule has 1 fully saturated rings. The van der Waals surface area contributed by atoms with Gasteiger partial charge in [-0.05, 0) is 54.1 Å². The number of amides is 1. The highest BCUT2D eigenvalue weighted by Crippen LogP contribution is 2.36. The molecule has 5 heteroatoms. The number of carbonyl (C=O) groups is 1. The molecular formula is C21H22N4O. The minimum Gasteiger partial charge on any atom is -0.369 e. The molecule has 1 saturated heterocycles. The van der Waals surface area contributed by atoms with E-state index < -0.39 is 5.54 Å². The standard InChI is InChI=1S/C21H22N4O/c26-20-21(24-19-4-2-1-3-18(19)23-20)8-11-25(12-9-21)14-15-5-6-17-16(13-15)7-10-22-17/h1-7,10,13,22,24H,8-9,11-12,14H2,(H,23,26). The molecule has 0 radical (unpaired) electrons. The Morgan fingerprint density at radius 3 is 2.65 bits per heavy atom. The number of fused-ring (bicyclic) bond motifs is 2. The van der Waals surface area contributed by atoms with E-state index in [1.807, 2.05) is 30.5 Å². The molecule has 2 aliphatic rings. The van der Waals surface area contributed by atoms with Crippen LogP contribution >= 0.6 is 0 Å². The molecule has 132 valence electrons. The van der Waals surface area contributed by atoms with Gasteiger partial charge in [0.25, 0.3) is 0 Å². The number of rotatable bonds is 2. The fourth-order valence-electron chi connectivity index (χ4n) is 4.16. The zero-order chi connectivity index (χ0) is 17.6. The molecule has 1 aromatic heterocycles. The first-order chi connectivity index (χ1) is 12.7. The van der Waals surface area contributed by atoms with Gasteiger partial charge >= 0.3 is 0 Å². The lowest BCUT2D eigenvalue weighted by Crippen LogP contribution is -2.58. The molecule has 5 rings (SSSR count). The van der Waals surface area contributed by atoms with Crippen LogP contribution in [0.1, 0.15) is 18.4 Å². The summed E-state index contributed by atoms with van der Waals surface area (Å²) in [6.45, 7) is 2.75. The van der Waals surface area contributed by atoms with E-state index >= 15 is 0 Å². The Morgan fingerprint density at radius 1 is 1.00 bits per heavy atom. The van der Waals surface area contributed by atoms with E-state index in [1.165, 1.54) is 16.5 Å². The summed E-state index contributed by atoms with van der Waals surface area (Å²) >= 11 is 0. The summed E-state index contributed by atoms with van der Waals surface area (Å²) in [5.41, 5.74) is 3.92.